The number of hydrogen-bond donors (Lipinski definition) is 1. The van der Waals surface area contributed by atoms with Gasteiger partial charge in [-0.25, -0.2) is 13.5 Å². The molecule has 1 aromatic carbocycles. The fraction of sp³-hybridized carbons (Fsp3) is 0.217. The molecule has 186 valence electrons. The van der Waals surface area contributed by atoms with Crippen molar-refractivity contribution in [2.24, 2.45) is 7.05 Å². The van der Waals surface area contributed by atoms with Crippen molar-refractivity contribution in [3.05, 3.63) is 88.0 Å². The summed E-state index contributed by atoms with van der Waals surface area (Å²) in [6.45, 7) is -0.689. The molecule has 0 saturated carbocycles. The van der Waals surface area contributed by atoms with E-state index in [-0.39, 0.29) is 16.9 Å². The first-order valence-electron chi connectivity index (χ1n) is 10.6. The van der Waals surface area contributed by atoms with Crippen molar-refractivity contribution in [2.75, 3.05) is 6.67 Å². The van der Waals surface area contributed by atoms with Crippen LogP contribution in [0.4, 0.5) is 17.6 Å². The van der Waals surface area contributed by atoms with Gasteiger partial charge >= 0.3 is 5.92 Å². The van der Waals surface area contributed by atoms with Gasteiger partial charge in [0.1, 0.15) is 11.5 Å². The topological polar surface area (TPSA) is 108 Å². The van der Waals surface area contributed by atoms with Crippen LogP contribution in [0.5, 0.6) is 0 Å². The molecular weight excluding hydrogens is 482 g/mol. The maximum Gasteiger partial charge on any atom is 0.303 e. The molecule has 1 amide bonds. The third kappa shape index (κ3) is 4.72. The Morgan fingerprint density at radius 2 is 1.94 bits per heavy atom. The molecule has 0 aliphatic heterocycles. The smallest absolute Gasteiger partial charge is 0.303 e. The largest absolute Gasteiger partial charge is 0.344 e. The summed E-state index contributed by atoms with van der Waals surface area (Å²) in [6.07, 6.45) is 4.43. The number of benzene rings is 1. The summed E-state index contributed by atoms with van der Waals surface area (Å²) in [4.78, 5) is 29.4. The molecule has 0 fully saturated rings. The van der Waals surface area contributed by atoms with Crippen LogP contribution in [-0.4, -0.2) is 42.3 Å². The van der Waals surface area contributed by atoms with Crippen molar-refractivity contribution in [3.8, 4) is 16.9 Å². The molecular formula is C23H19F4N7O2. The Morgan fingerprint density at radius 3 is 2.64 bits per heavy atom. The standard InChI is InChI=1S/C23H19F4N7O2/c1-13(16-4-3-5-17(21(16)25)23(26,27)12-24)30-22(36)18-6-7-20(35)34(31-18)15-8-14(9-28-10-15)19-11-29-32-33(19)2/h3-11,13H,12H2,1-2H3,(H,30,36)/t13-/m1/s1. The number of rotatable bonds is 7. The minimum absolute atomic E-state index is 0.195. The van der Waals surface area contributed by atoms with E-state index in [1.165, 1.54) is 36.1 Å². The van der Waals surface area contributed by atoms with Gasteiger partial charge in [-0.3, -0.25) is 14.6 Å². The van der Waals surface area contributed by atoms with E-state index < -0.39 is 41.5 Å². The molecule has 0 radical (unpaired) electrons. The number of hydrogen-bond acceptors (Lipinski definition) is 6. The highest BCUT2D eigenvalue weighted by Gasteiger charge is 2.36. The average Bonchev–Trinajstić information content (AvgIpc) is 3.30. The highest BCUT2D eigenvalue weighted by atomic mass is 19.3. The van der Waals surface area contributed by atoms with Crippen LogP contribution in [0.2, 0.25) is 0 Å². The Labute approximate surface area is 201 Å². The zero-order valence-corrected chi connectivity index (χ0v) is 19.0. The lowest BCUT2D eigenvalue weighted by Gasteiger charge is -2.19. The quantitative estimate of drug-likeness (QED) is 0.390. The Morgan fingerprint density at radius 1 is 1.17 bits per heavy atom. The van der Waals surface area contributed by atoms with Crippen LogP contribution < -0.4 is 10.9 Å². The lowest BCUT2D eigenvalue weighted by atomic mass is 10.0. The molecule has 36 heavy (non-hydrogen) atoms. The first-order chi connectivity index (χ1) is 17.1. The minimum Gasteiger partial charge on any atom is -0.344 e. The summed E-state index contributed by atoms with van der Waals surface area (Å²) in [5.74, 6) is -6.12. The summed E-state index contributed by atoms with van der Waals surface area (Å²) in [5.41, 5.74) is -0.627. The minimum atomic E-state index is -4.00. The first-order valence-corrected chi connectivity index (χ1v) is 10.6. The number of aromatic nitrogens is 6. The Balaban J connectivity index is 1.62. The number of pyridine rings is 1. The van der Waals surface area contributed by atoms with Gasteiger partial charge in [-0.05, 0) is 25.1 Å². The van der Waals surface area contributed by atoms with Crippen molar-refractivity contribution in [3.63, 3.8) is 0 Å². The normalized spacial score (nSPS) is 12.4. The van der Waals surface area contributed by atoms with Gasteiger partial charge in [0.15, 0.2) is 6.67 Å². The molecule has 1 N–H and O–H groups in total. The number of nitrogens with zero attached hydrogens (tertiary/aromatic N) is 6. The Hall–Kier alpha value is -4.42. The number of alkyl halides is 3. The van der Waals surface area contributed by atoms with Crippen LogP contribution in [0.25, 0.3) is 16.9 Å². The van der Waals surface area contributed by atoms with Crippen LogP contribution >= 0.6 is 0 Å². The second-order valence-electron chi connectivity index (χ2n) is 7.89. The maximum atomic E-state index is 14.7. The third-order valence-electron chi connectivity index (χ3n) is 5.42. The van der Waals surface area contributed by atoms with Gasteiger partial charge in [0, 0.05) is 30.4 Å². The summed E-state index contributed by atoms with van der Waals surface area (Å²) in [5, 5.41) is 14.2. The predicted molar refractivity (Wildman–Crippen MR) is 120 cm³/mol. The lowest BCUT2D eigenvalue weighted by molar-refractivity contribution is -0.0313. The van der Waals surface area contributed by atoms with Crippen LogP contribution in [0.1, 0.15) is 34.6 Å². The molecule has 13 heteroatoms. The highest BCUT2D eigenvalue weighted by Crippen LogP contribution is 2.33. The van der Waals surface area contributed by atoms with E-state index in [9.17, 15) is 27.2 Å². The summed E-state index contributed by atoms with van der Waals surface area (Å²) in [7, 11) is 1.68. The monoisotopic (exact) mass is 501 g/mol. The van der Waals surface area contributed by atoms with Crippen molar-refractivity contribution >= 4 is 5.91 Å². The van der Waals surface area contributed by atoms with Crippen molar-refractivity contribution in [1.29, 1.82) is 0 Å². The van der Waals surface area contributed by atoms with Crippen molar-refractivity contribution in [2.45, 2.75) is 18.9 Å². The fourth-order valence-electron chi connectivity index (χ4n) is 3.54. The van der Waals surface area contributed by atoms with Crippen molar-refractivity contribution in [1.82, 2.24) is 35.1 Å². The fourth-order valence-corrected chi connectivity index (χ4v) is 3.54. The van der Waals surface area contributed by atoms with E-state index in [4.69, 9.17) is 0 Å². The van der Waals surface area contributed by atoms with Gasteiger partial charge in [-0.1, -0.05) is 17.3 Å². The van der Waals surface area contributed by atoms with Gasteiger partial charge < -0.3 is 5.32 Å². The molecule has 3 heterocycles. The molecule has 1 atom stereocenters. The predicted octanol–water partition coefficient (Wildman–Crippen LogP) is 3.11. The van der Waals surface area contributed by atoms with E-state index in [2.05, 4.69) is 25.7 Å². The number of nitrogens with one attached hydrogen (secondary N) is 1. The maximum absolute atomic E-state index is 14.7. The second-order valence-corrected chi connectivity index (χ2v) is 7.89. The number of halogens is 4. The molecule has 0 aliphatic rings. The van der Waals surface area contributed by atoms with Gasteiger partial charge in [-0.2, -0.15) is 18.6 Å². The Kier molecular flexibility index (Phi) is 6.64. The van der Waals surface area contributed by atoms with Crippen LogP contribution in [-0.2, 0) is 13.0 Å². The zero-order chi connectivity index (χ0) is 26.0. The molecule has 0 spiro atoms. The summed E-state index contributed by atoms with van der Waals surface area (Å²) >= 11 is 0. The number of carbonyl (C=O) groups excluding carboxylic acids is 1. The molecule has 3 aromatic heterocycles. The summed E-state index contributed by atoms with van der Waals surface area (Å²) in [6, 6.07) is 5.97. The highest BCUT2D eigenvalue weighted by molar-refractivity contribution is 5.92. The molecule has 0 unspecified atom stereocenters. The molecule has 0 saturated heterocycles. The second kappa shape index (κ2) is 9.68. The molecule has 4 rings (SSSR count). The van der Waals surface area contributed by atoms with Crippen LogP contribution in [0.15, 0.2) is 59.8 Å². The van der Waals surface area contributed by atoms with E-state index in [1.54, 1.807) is 19.3 Å². The van der Waals surface area contributed by atoms with Gasteiger partial charge in [0.2, 0.25) is 0 Å². The first kappa shape index (κ1) is 24.7. The molecule has 9 nitrogen and oxygen atoms in total. The van der Waals surface area contributed by atoms with E-state index in [1.807, 2.05) is 0 Å². The van der Waals surface area contributed by atoms with Gasteiger partial charge in [0.25, 0.3) is 11.5 Å². The van der Waals surface area contributed by atoms with E-state index in [0.717, 1.165) is 22.9 Å². The molecule has 0 aliphatic carbocycles. The van der Waals surface area contributed by atoms with Crippen LogP contribution in [0.3, 0.4) is 0 Å². The van der Waals surface area contributed by atoms with E-state index in [0.29, 0.717) is 11.3 Å². The summed E-state index contributed by atoms with van der Waals surface area (Å²) < 4.78 is 57.4. The number of amides is 1. The molecule has 4 aromatic rings. The lowest BCUT2D eigenvalue weighted by Crippen LogP contribution is -2.31. The van der Waals surface area contributed by atoms with E-state index >= 15 is 0 Å². The average molecular weight is 501 g/mol. The number of aryl methyl sites for hydroxylation is 1. The Bertz CT molecular complexity index is 1490. The third-order valence-corrected chi connectivity index (χ3v) is 5.42. The molecule has 0 bridgehead atoms. The van der Waals surface area contributed by atoms with Gasteiger partial charge in [0.05, 0.1) is 35.4 Å². The zero-order valence-electron chi connectivity index (χ0n) is 19.0. The van der Waals surface area contributed by atoms with Gasteiger partial charge in [-0.15, -0.1) is 5.10 Å². The van der Waals surface area contributed by atoms with Crippen molar-refractivity contribution < 1.29 is 22.4 Å². The SMILES string of the molecule is C[C@@H](NC(=O)c1ccc(=O)n(-c2cncc(-c3cnnn3C)c2)n1)c1cccc(C(F)(F)CF)c1F. The number of carbonyl (C=O) groups is 1. The van der Waals surface area contributed by atoms with Crippen LogP contribution in [0, 0.1) is 5.82 Å².